The Hall–Kier alpha value is -1.48. The van der Waals surface area contributed by atoms with Crippen molar-refractivity contribution in [1.82, 2.24) is 9.55 Å². The number of rotatable bonds is 5. The van der Waals surface area contributed by atoms with Gasteiger partial charge in [-0.05, 0) is 13.3 Å². The molecule has 0 aliphatic carbocycles. The van der Waals surface area contributed by atoms with E-state index in [-0.39, 0.29) is 8.46 Å². The molecule has 0 saturated carbocycles. The van der Waals surface area contributed by atoms with Crippen molar-refractivity contribution in [3.05, 3.63) is 45.3 Å². The lowest BCUT2D eigenvalue weighted by Gasteiger charge is -2.24. The van der Waals surface area contributed by atoms with E-state index in [0.717, 1.165) is 6.42 Å². The second-order valence-electron chi connectivity index (χ2n) is 3.70. The standard InChI is InChI=1S/C11H15N2O3P/c1-3-6-11(17-16,7-4-2)13-8-5-9(14)12-10(13)15/h3,5-6,8H,4,7H2,1-2H3,(H,12,14,15). The lowest BCUT2D eigenvalue weighted by atomic mass is 10.1. The van der Waals surface area contributed by atoms with E-state index >= 15 is 0 Å². The van der Waals surface area contributed by atoms with Crippen LogP contribution in [0, 0.1) is 0 Å². The van der Waals surface area contributed by atoms with Gasteiger partial charge < -0.3 is 0 Å². The average molecular weight is 254 g/mol. The molecule has 0 spiro atoms. The summed E-state index contributed by atoms with van der Waals surface area (Å²) in [5.74, 6) is 0. The van der Waals surface area contributed by atoms with Crippen LogP contribution in [0.5, 0.6) is 0 Å². The molecule has 0 aromatic carbocycles. The van der Waals surface area contributed by atoms with Crippen molar-refractivity contribution in [2.24, 2.45) is 0 Å². The summed E-state index contributed by atoms with van der Waals surface area (Å²) < 4.78 is 12.7. The van der Waals surface area contributed by atoms with Crippen molar-refractivity contribution in [2.75, 3.05) is 0 Å². The van der Waals surface area contributed by atoms with Crippen LogP contribution in [0.2, 0.25) is 0 Å². The van der Waals surface area contributed by atoms with Crippen LogP contribution in [0.25, 0.3) is 0 Å². The van der Waals surface area contributed by atoms with Gasteiger partial charge in [-0.25, -0.2) is 4.79 Å². The SMILES string of the molecule is CC=CC(CCC)(P=O)n1ccc(=O)[nH]c1=O. The van der Waals surface area contributed by atoms with Crippen LogP contribution < -0.4 is 11.2 Å². The Kier molecular flexibility index (Phi) is 4.58. The minimum Gasteiger partial charge on any atom is -0.280 e. The number of hydrogen-bond acceptors (Lipinski definition) is 3. The zero-order chi connectivity index (χ0) is 12.9. The van der Waals surface area contributed by atoms with E-state index in [4.69, 9.17) is 0 Å². The lowest BCUT2D eigenvalue weighted by Crippen LogP contribution is -2.39. The molecule has 1 N–H and O–H groups in total. The summed E-state index contributed by atoms with van der Waals surface area (Å²) in [7, 11) is -0.174. The minimum absolute atomic E-state index is 0.174. The molecular formula is C11H15N2O3P. The molecule has 1 unspecified atom stereocenters. The van der Waals surface area contributed by atoms with Gasteiger partial charge in [-0.3, -0.25) is 18.9 Å². The zero-order valence-electron chi connectivity index (χ0n) is 9.84. The topological polar surface area (TPSA) is 71.9 Å². The summed E-state index contributed by atoms with van der Waals surface area (Å²) in [5.41, 5.74) is -1.01. The number of H-pyrrole nitrogens is 1. The number of nitrogens with one attached hydrogen (secondary N) is 1. The first-order chi connectivity index (χ1) is 8.09. The molecule has 5 nitrogen and oxygen atoms in total. The van der Waals surface area contributed by atoms with Gasteiger partial charge >= 0.3 is 5.69 Å². The maximum absolute atomic E-state index is 11.7. The number of aromatic amines is 1. The maximum Gasteiger partial charge on any atom is 0.329 e. The molecule has 1 rings (SSSR count). The first-order valence-corrected chi connectivity index (χ1v) is 6.21. The van der Waals surface area contributed by atoms with E-state index in [9.17, 15) is 14.2 Å². The Bertz CT molecular complexity index is 532. The first kappa shape index (κ1) is 13.6. The van der Waals surface area contributed by atoms with Crippen molar-refractivity contribution in [3.8, 4) is 0 Å². The van der Waals surface area contributed by atoms with E-state index in [2.05, 4.69) is 4.98 Å². The van der Waals surface area contributed by atoms with Crippen LogP contribution in [-0.4, -0.2) is 9.55 Å². The van der Waals surface area contributed by atoms with Gasteiger partial charge in [-0.15, -0.1) is 0 Å². The van der Waals surface area contributed by atoms with Crippen LogP contribution in [-0.2, 0) is 9.85 Å². The summed E-state index contributed by atoms with van der Waals surface area (Å²) in [6.07, 6.45) is 6.16. The molecule has 0 saturated heterocycles. The molecule has 1 atom stereocenters. The fraction of sp³-hybridized carbons (Fsp3) is 0.455. The quantitative estimate of drug-likeness (QED) is 0.644. The molecule has 0 aliphatic heterocycles. The fourth-order valence-electron chi connectivity index (χ4n) is 1.76. The maximum atomic E-state index is 11.7. The normalized spacial score (nSPS) is 15.2. The van der Waals surface area contributed by atoms with E-state index < -0.39 is 16.5 Å². The van der Waals surface area contributed by atoms with Crippen LogP contribution >= 0.6 is 8.46 Å². The zero-order valence-corrected chi connectivity index (χ0v) is 10.7. The van der Waals surface area contributed by atoms with Gasteiger partial charge in [0.1, 0.15) is 5.28 Å². The summed E-state index contributed by atoms with van der Waals surface area (Å²) in [6.45, 7) is 3.74. The van der Waals surface area contributed by atoms with Crippen LogP contribution in [0.3, 0.4) is 0 Å². The first-order valence-electron chi connectivity index (χ1n) is 5.40. The van der Waals surface area contributed by atoms with Crippen molar-refractivity contribution in [3.63, 3.8) is 0 Å². The molecule has 0 radical (unpaired) electrons. The van der Waals surface area contributed by atoms with E-state index in [1.807, 2.05) is 6.92 Å². The van der Waals surface area contributed by atoms with E-state index in [1.54, 1.807) is 19.1 Å². The number of nitrogens with zero attached hydrogens (tertiary/aromatic N) is 1. The molecule has 6 heteroatoms. The predicted molar refractivity (Wildman–Crippen MR) is 66.6 cm³/mol. The second kappa shape index (κ2) is 5.73. The Morgan fingerprint density at radius 3 is 2.71 bits per heavy atom. The number of aromatic nitrogens is 2. The van der Waals surface area contributed by atoms with Crippen molar-refractivity contribution in [1.29, 1.82) is 0 Å². The largest absolute Gasteiger partial charge is 0.329 e. The Morgan fingerprint density at radius 2 is 2.24 bits per heavy atom. The summed E-state index contributed by atoms with van der Waals surface area (Å²) >= 11 is 0. The van der Waals surface area contributed by atoms with Gasteiger partial charge in [-0.1, -0.05) is 25.5 Å². The summed E-state index contributed by atoms with van der Waals surface area (Å²) in [4.78, 5) is 24.9. The average Bonchev–Trinajstić information content (AvgIpc) is 2.28. The van der Waals surface area contributed by atoms with Crippen LogP contribution in [0.15, 0.2) is 34.0 Å². The number of hydrogen-bond donors (Lipinski definition) is 1. The highest BCUT2D eigenvalue weighted by Crippen LogP contribution is 2.34. The highest BCUT2D eigenvalue weighted by Gasteiger charge is 2.30. The predicted octanol–water partition coefficient (Wildman–Crippen LogP) is 1.86. The monoisotopic (exact) mass is 254 g/mol. The van der Waals surface area contributed by atoms with Gasteiger partial charge in [0.2, 0.25) is 0 Å². The van der Waals surface area contributed by atoms with Gasteiger partial charge in [0, 0.05) is 12.3 Å². The minimum atomic E-state index is -0.912. The molecule has 1 heterocycles. The summed E-state index contributed by atoms with van der Waals surface area (Å²) in [5, 5.41) is -0.912. The van der Waals surface area contributed by atoms with E-state index in [1.165, 1.54) is 16.8 Å². The molecule has 1 aromatic heterocycles. The molecule has 0 bridgehead atoms. The lowest BCUT2D eigenvalue weighted by molar-refractivity contribution is 0.445. The number of allylic oxidation sites excluding steroid dienone is 2. The van der Waals surface area contributed by atoms with Crippen molar-refractivity contribution < 1.29 is 4.57 Å². The molecule has 92 valence electrons. The smallest absolute Gasteiger partial charge is 0.280 e. The van der Waals surface area contributed by atoms with Crippen molar-refractivity contribution >= 4 is 8.46 Å². The third kappa shape index (κ3) is 2.80. The highest BCUT2D eigenvalue weighted by molar-refractivity contribution is 7.25. The Balaban J connectivity index is 3.45. The Morgan fingerprint density at radius 1 is 1.53 bits per heavy atom. The van der Waals surface area contributed by atoms with Gasteiger partial charge in [0.25, 0.3) is 5.56 Å². The van der Waals surface area contributed by atoms with Gasteiger partial charge in [-0.2, -0.15) is 0 Å². The highest BCUT2D eigenvalue weighted by atomic mass is 31.1. The molecule has 0 aliphatic rings. The van der Waals surface area contributed by atoms with Crippen LogP contribution in [0.1, 0.15) is 26.7 Å². The van der Waals surface area contributed by atoms with Crippen LogP contribution in [0.4, 0.5) is 0 Å². The molecule has 17 heavy (non-hydrogen) atoms. The summed E-state index contributed by atoms with van der Waals surface area (Å²) in [6, 6.07) is 1.25. The molecule has 0 fully saturated rings. The van der Waals surface area contributed by atoms with Crippen molar-refractivity contribution in [2.45, 2.75) is 32.0 Å². The van der Waals surface area contributed by atoms with Gasteiger partial charge in [0.05, 0.1) is 0 Å². The van der Waals surface area contributed by atoms with Gasteiger partial charge in [0.15, 0.2) is 8.46 Å². The third-order valence-corrected chi connectivity index (χ3v) is 3.35. The molecule has 0 amide bonds. The Labute approximate surface area is 100 Å². The second-order valence-corrected chi connectivity index (χ2v) is 4.66. The van der Waals surface area contributed by atoms with E-state index in [0.29, 0.717) is 6.42 Å². The fourth-order valence-corrected chi connectivity index (χ4v) is 2.53. The molecule has 1 aromatic rings. The molecular weight excluding hydrogens is 239 g/mol. The third-order valence-electron chi connectivity index (χ3n) is 2.45.